The molecule has 16 heavy (non-hydrogen) atoms. The molecule has 80 valence electrons. The fourth-order valence-corrected chi connectivity index (χ4v) is 1.47. The normalized spacial score (nSPS) is 11.2. The fraction of sp³-hybridized carbons (Fsp3) is 0. The molecule has 2 aromatic rings. The molecule has 0 saturated carbocycles. The van der Waals surface area contributed by atoms with E-state index in [2.05, 4.69) is 4.89 Å². The Balaban J connectivity index is 2.34. The third-order valence-electron chi connectivity index (χ3n) is 2.25. The molecule has 0 heterocycles. The monoisotopic (exact) mass is 212 g/mol. The zero-order valence-corrected chi connectivity index (χ0v) is 8.71. The molecule has 0 fully saturated rings. The smallest absolute Gasteiger partial charge is 0.172 e. The minimum atomic E-state index is 0.437. The van der Waals surface area contributed by atoms with E-state index >= 15 is 0 Å². The van der Waals surface area contributed by atoms with Crippen molar-refractivity contribution < 1.29 is 10.1 Å². The van der Waals surface area contributed by atoms with Gasteiger partial charge in [0, 0.05) is 5.56 Å². The summed E-state index contributed by atoms with van der Waals surface area (Å²) in [4.78, 5) is 4.40. The maximum absolute atomic E-state index is 8.87. The van der Waals surface area contributed by atoms with Crippen LogP contribution in [0, 0.1) is 0 Å². The predicted octanol–water partition coefficient (Wildman–Crippen LogP) is 3.67. The van der Waals surface area contributed by atoms with Crippen molar-refractivity contribution >= 4 is 11.8 Å². The highest BCUT2D eigenvalue weighted by Crippen LogP contribution is 2.18. The van der Waals surface area contributed by atoms with E-state index in [0.29, 0.717) is 5.76 Å². The van der Waals surface area contributed by atoms with Crippen LogP contribution in [-0.4, -0.2) is 5.26 Å². The van der Waals surface area contributed by atoms with Crippen molar-refractivity contribution in [1.82, 2.24) is 0 Å². The summed E-state index contributed by atoms with van der Waals surface area (Å²) in [6, 6.07) is 19.2. The van der Waals surface area contributed by atoms with E-state index in [4.69, 9.17) is 5.26 Å². The molecule has 1 N–H and O–H groups in total. The molecule has 2 rings (SSSR count). The van der Waals surface area contributed by atoms with Gasteiger partial charge in [-0.15, -0.1) is 0 Å². The molecule has 0 unspecified atom stereocenters. The molecule has 0 radical (unpaired) electrons. The van der Waals surface area contributed by atoms with Crippen LogP contribution < -0.4 is 0 Å². The molecular formula is C14H12O2. The Morgan fingerprint density at radius 2 is 1.44 bits per heavy atom. The van der Waals surface area contributed by atoms with Gasteiger partial charge in [0.15, 0.2) is 5.76 Å². The van der Waals surface area contributed by atoms with Crippen LogP contribution in [-0.2, 0) is 4.89 Å². The van der Waals surface area contributed by atoms with E-state index in [1.54, 1.807) is 6.08 Å². The lowest BCUT2D eigenvalue weighted by Crippen LogP contribution is -1.87. The number of rotatable bonds is 3. The van der Waals surface area contributed by atoms with Crippen LogP contribution in [0.4, 0.5) is 0 Å². The van der Waals surface area contributed by atoms with E-state index in [1.165, 1.54) is 0 Å². The Morgan fingerprint density at radius 1 is 0.875 bits per heavy atom. The Morgan fingerprint density at radius 3 is 2.00 bits per heavy atom. The van der Waals surface area contributed by atoms with Gasteiger partial charge in [-0.1, -0.05) is 60.7 Å². The summed E-state index contributed by atoms with van der Waals surface area (Å²) >= 11 is 0. The van der Waals surface area contributed by atoms with Crippen LogP contribution in [0.15, 0.2) is 60.7 Å². The van der Waals surface area contributed by atoms with Crippen LogP contribution in [0.1, 0.15) is 11.1 Å². The third kappa shape index (κ3) is 2.49. The van der Waals surface area contributed by atoms with Crippen molar-refractivity contribution in [2.45, 2.75) is 0 Å². The van der Waals surface area contributed by atoms with Crippen molar-refractivity contribution in [2.75, 3.05) is 0 Å². The Kier molecular flexibility index (Phi) is 3.36. The summed E-state index contributed by atoms with van der Waals surface area (Å²) in [6.45, 7) is 0. The summed E-state index contributed by atoms with van der Waals surface area (Å²) in [5.41, 5.74) is 1.82. The molecule has 0 aromatic heterocycles. The van der Waals surface area contributed by atoms with E-state index in [9.17, 15) is 0 Å². The van der Waals surface area contributed by atoms with E-state index in [1.807, 2.05) is 60.7 Å². The maximum Gasteiger partial charge on any atom is 0.172 e. The van der Waals surface area contributed by atoms with Crippen molar-refractivity contribution in [3.63, 3.8) is 0 Å². The summed E-state index contributed by atoms with van der Waals surface area (Å²) in [5, 5.41) is 8.87. The summed E-state index contributed by atoms with van der Waals surface area (Å²) in [6.07, 6.45) is 1.79. The van der Waals surface area contributed by atoms with Crippen LogP contribution in [0.5, 0.6) is 0 Å². The molecular weight excluding hydrogens is 200 g/mol. The zero-order valence-electron chi connectivity index (χ0n) is 8.71. The first kappa shape index (κ1) is 10.5. The first-order valence-electron chi connectivity index (χ1n) is 5.04. The Labute approximate surface area is 94.4 Å². The van der Waals surface area contributed by atoms with Crippen molar-refractivity contribution in [2.24, 2.45) is 0 Å². The largest absolute Gasteiger partial charge is 0.340 e. The van der Waals surface area contributed by atoms with E-state index in [0.717, 1.165) is 11.1 Å². The van der Waals surface area contributed by atoms with Gasteiger partial charge in [0.05, 0.1) is 0 Å². The van der Waals surface area contributed by atoms with Gasteiger partial charge in [-0.05, 0) is 11.6 Å². The second-order valence-corrected chi connectivity index (χ2v) is 3.38. The van der Waals surface area contributed by atoms with E-state index in [-0.39, 0.29) is 0 Å². The van der Waals surface area contributed by atoms with Gasteiger partial charge >= 0.3 is 0 Å². The summed E-state index contributed by atoms with van der Waals surface area (Å²) in [5.74, 6) is 0.437. The molecule has 0 aliphatic heterocycles. The maximum atomic E-state index is 8.87. The summed E-state index contributed by atoms with van der Waals surface area (Å²) in [7, 11) is 0. The molecule has 0 spiro atoms. The molecule has 2 heteroatoms. The van der Waals surface area contributed by atoms with Gasteiger partial charge < -0.3 is 4.89 Å². The summed E-state index contributed by atoms with van der Waals surface area (Å²) < 4.78 is 0. The van der Waals surface area contributed by atoms with Gasteiger partial charge in [-0.25, -0.2) is 5.26 Å². The van der Waals surface area contributed by atoms with Crippen LogP contribution in [0.25, 0.3) is 11.8 Å². The van der Waals surface area contributed by atoms with Crippen LogP contribution >= 0.6 is 0 Å². The van der Waals surface area contributed by atoms with Gasteiger partial charge in [0.25, 0.3) is 0 Å². The fourth-order valence-electron chi connectivity index (χ4n) is 1.47. The molecule has 2 aromatic carbocycles. The minimum absolute atomic E-state index is 0.437. The minimum Gasteiger partial charge on any atom is -0.340 e. The molecule has 0 aliphatic rings. The molecule has 0 bridgehead atoms. The average Bonchev–Trinajstić information content (AvgIpc) is 2.38. The second kappa shape index (κ2) is 5.14. The average molecular weight is 212 g/mol. The van der Waals surface area contributed by atoms with Gasteiger partial charge in [0.1, 0.15) is 0 Å². The van der Waals surface area contributed by atoms with Crippen molar-refractivity contribution in [1.29, 1.82) is 0 Å². The Hall–Kier alpha value is -2.06. The van der Waals surface area contributed by atoms with Gasteiger partial charge in [0.2, 0.25) is 0 Å². The zero-order chi connectivity index (χ0) is 11.2. The quantitative estimate of drug-likeness (QED) is 0.364. The topological polar surface area (TPSA) is 29.5 Å². The lowest BCUT2D eigenvalue weighted by Gasteiger charge is -2.03. The number of hydrogen-bond donors (Lipinski definition) is 1. The van der Waals surface area contributed by atoms with Crippen LogP contribution in [0.2, 0.25) is 0 Å². The van der Waals surface area contributed by atoms with Crippen molar-refractivity contribution in [3.8, 4) is 0 Å². The first-order valence-corrected chi connectivity index (χ1v) is 5.04. The second-order valence-electron chi connectivity index (χ2n) is 3.38. The lowest BCUT2D eigenvalue weighted by atomic mass is 10.1. The standard InChI is InChI=1S/C14H12O2/c15-16-14(13-9-5-2-6-10-13)11-12-7-3-1-4-8-12/h1-11,15H. The van der Waals surface area contributed by atoms with Gasteiger partial charge in [-0.3, -0.25) is 0 Å². The van der Waals surface area contributed by atoms with Crippen LogP contribution in [0.3, 0.4) is 0 Å². The molecule has 0 aliphatic carbocycles. The number of benzene rings is 2. The highest BCUT2D eigenvalue weighted by Gasteiger charge is 2.01. The van der Waals surface area contributed by atoms with Crippen molar-refractivity contribution in [3.05, 3.63) is 71.8 Å². The predicted molar refractivity (Wildman–Crippen MR) is 64.5 cm³/mol. The first-order chi connectivity index (χ1) is 7.90. The Bertz CT molecular complexity index is 461. The molecule has 2 nitrogen and oxygen atoms in total. The molecule has 0 saturated heterocycles. The molecule has 0 atom stereocenters. The highest BCUT2D eigenvalue weighted by atomic mass is 17.1. The van der Waals surface area contributed by atoms with E-state index < -0.39 is 0 Å². The highest BCUT2D eigenvalue weighted by molar-refractivity contribution is 5.76. The van der Waals surface area contributed by atoms with Gasteiger partial charge in [-0.2, -0.15) is 0 Å². The SMILES string of the molecule is OOC(=Cc1ccccc1)c1ccccc1. The number of hydrogen-bond acceptors (Lipinski definition) is 2. The molecule has 0 amide bonds. The third-order valence-corrected chi connectivity index (χ3v) is 2.25. The lowest BCUT2D eigenvalue weighted by molar-refractivity contribution is -0.169.